The van der Waals surface area contributed by atoms with Gasteiger partial charge in [0.1, 0.15) is 11.5 Å². The van der Waals surface area contributed by atoms with Crippen LogP contribution >= 0.6 is 0 Å². The predicted octanol–water partition coefficient (Wildman–Crippen LogP) is 6.07. The van der Waals surface area contributed by atoms with E-state index in [-0.39, 0.29) is 6.03 Å². The molecule has 1 aromatic heterocycles. The first kappa shape index (κ1) is 24.1. The van der Waals surface area contributed by atoms with E-state index in [0.717, 1.165) is 28.0 Å². The first-order valence-electron chi connectivity index (χ1n) is 11.9. The normalized spacial score (nSPS) is 15.5. The van der Waals surface area contributed by atoms with Crippen molar-refractivity contribution in [3.63, 3.8) is 0 Å². The van der Waals surface area contributed by atoms with Crippen molar-refractivity contribution in [2.45, 2.75) is 26.8 Å². The molecule has 2 amide bonds. The number of hydrogen-bond acceptors (Lipinski definition) is 6. The fraction of sp³-hybridized carbons (Fsp3) is 0.207. The quantitative estimate of drug-likeness (QED) is 0.348. The molecule has 1 atom stereocenters. The summed E-state index contributed by atoms with van der Waals surface area (Å²) in [4.78, 5) is 19.8. The second-order valence-electron chi connectivity index (χ2n) is 8.91. The van der Waals surface area contributed by atoms with Crippen molar-refractivity contribution < 1.29 is 18.8 Å². The van der Waals surface area contributed by atoms with E-state index in [1.807, 2.05) is 61.5 Å². The molecule has 1 unspecified atom stereocenters. The number of anilines is 1. The maximum absolute atomic E-state index is 13.5. The molecule has 2 heterocycles. The van der Waals surface area contributed by atoms with E-state index in [1.54, 1.807) is 19.1 Å². The number of ether oxygens (including phenoxy) is 2. The van der Waals surface area contributed by atoms with E-state index in [0.29, 0.717) is 28.8 Å². The minimum absolute atomic E-state index is 0.257. The van der Waals surface area contributed by atoms with Gasteiger partial charge in [0.15, 0.2) is 0 Å². The minimum Gasteiger partial charge on any atom is -0.497 e. The second kappa shape index (κ2) is 9.81. The number of allylic oxidation sites excluding steroid dienone is 1. The molecule has 0 radical (unpaired) electrons. The van der Waals surface area contributed by atoms with E-state index in [4.69, 9.17) is 19.0 Å². The van der Waals surface area contributed by atoms with Crippen molar-refractivity contribution in [2.75, 3.05) is 19.1 Å². The first-order valence-corrected chi connectivity index (χ1v) is 11.9. The summed E-state index contributed by atoms with van der Waals surface area (Å²) in [5.74, 6) is 2.17. The van der Waals surface area contributed by atoms with Crippen LogP contribution in [0.2, 0.25) is 0 Å². The fourth-order valence-corrected chi connectivity index (χ4v) is 4.46. The Morgan fingerprint density at radius 3 is 2.35 bits per heavy atom. The lowest BCUT2D eigenvalue weighted by Gasteiger charge is -2.35. The van der Waals surface area contributed by atoms with Gasteiger partial charge in [-0.2, -0.15) is 4.98 Å². The van der Waals surface area contributed by atoms with Crippen molar-refractivity contribution in [3.8, 4) is 22.9 Å². The molecule has 0 spiro atoms. The van der Waals surface area contributed by atoms with E-state index < -0.39 is 6.04 Å². The van der Waals surface area contributed by atoms with Crippen LogP contribution in [0.5, 0.6) is 11.5 Å². The van der Waals surface area contributed by atoms with Crippen LogP contribution in [0.15, 0.2) is 77.0 Å². The van der Waals surface area contributed by atoms with E-state index in [9.17, 15) is 4.79 Å². The molecule has 37 heavy (non-hydrogen) atoms. The molecule has 8 heteroatoms. The Balaban J connectivity index is 1.65. The van der Waals surface area contributed by atoms with Gasteiger partial charge in [0.25, 0.3) is 5.89 Å². The number of urea groups is 1. The van der Waals surface area contributed by atoms with Gasteiger partial charge in [0, 0.05) is 17.3 Å². The lowest BCUT2D eigenvalue weighted by molar-refractivity contribution is 0.244. The molecule has 8 nitrogen and oxygen atoms in total. The Kier molecular flexibility index (Phi) is 6.40. The third-order valence-electron chi connectivity index (χ3n) is 6.67. The highest BCUT2D eigenvalue weighted by molar-refractivity contribution is 6.01. The highest BCUT2D eigenvalue weighted by Crippen LogP contribution is 2.40. The third kappa shape index (κ3) is 4.53. The Bertz CT molecular complexity index is 1490. The highest BCUT2D eigenvalue weighted by Gasteiger charge is 2.36. The summed E-state index contributed by atoms with van der Waals surface area (Å²) < 4.78 is 16.4. The van der Waals surface area contributed by atoms with Crippen LogP contribution in [0.3, 0.4) is 0 Å². The van der Waals surface area contributed by atoms with E-state index in [2.05, 4.69) is 36.5 Å². The summed E-state index contributed by atoms with van der Waals surface area (Å²) in [6.07, 6.45) is 0. The topological polar surface area (TPSA) is 89.7 Å². The van der Waals surface area contributed by atoms with Gasteiger partial charge in [-0.05, 0) is 73.9 Å². The number of aryl methyl sites for hydroxylation is 2. The van der Waals surface area contributed by atoms with Crippen molar-refractivity contribution in [1.82, 2.24) is 15.5 Å². The number of methoxy groups -OCH3 is 2. The van der Waals surface area contributed by atoms with Crippen molar-refractivity contribution in [1.29, 1.82) is 0 Å². The van der Waals surface area contributed by atoms with Crippen LogP contribution < -0.4 is 19.7 Å². The average molecular weight is 497 g/mol. The smallest absolute Gasteiger partial charge is 0.327 e. The number of aromatic nitrogens is 2. The molecule has 1 N–H and O–H groups in total. The Hall–Kier alpha value is -4.59. The Morgan fingerprint density at radius 1 is 0.892 bits per heavy atom. The molecular formula is C29H28N4O4. The van der Waals surface area contributed by atoms with Gasteiger partial charge in [-0.1, -0.05) is 29.4 Å². The molecule has 1 aliphatic heterocycles. The van der Waals surface area contributed by atoms with Crippen molar-refractivity contribution in [3.05, 3.63) is 95.0 Å². The van der Waals surface area contributed by atoms with Crippen LogP contribution in [-0.4, -0.2) is 30.4 Å². The van der Waals surface area contributed by atoms with Gasteiger partial charge in [0.2, 0.25) is 5.82 Å². The van der Waals surface area contributed by atoms with Gasteiger partial charge in [-0.3, -0.25) is 4.90 Å². The molecule has 0 saturated heterocycles. The maximum atomic E-state index is 13.5. The number of nitrogens with zero attached hydrogens (tertiary/aromatic N) is 3. The summed E-state index contributed by atoms with van der Waals surface area (Å²) in [6, 6.07) is 20.2. The lowest BCUT2D eigenvalue weighted by atomic mass is 9.92. The number of nitrogens with one attached hydrogen (secondary N) is 1. The zero-order chi connectivity index (χ0) is 26.1. The van der Waals surface area contributed by atoms with Gasteiger partial charge in [-0.25, -0.2) is 4.79 Å². The van der Waals surface area contributed by atoms with Crippen LogP contribution in [0, 0.1) is 13.8 Å². The van der Waals surface area contributed by atoms with Gasteiger partial charge >= 0.3 is 6.03 Å². The first-order chi connectivity index (χ1) is 17.9. The summed E-state index contributed by atoms with van der Waals surface area (Å²) in [5.41, 5.74) is 6.10. The molecule has 0 saturated carbocycles. The largest absolute Gasteiger partial charge is 0.497 e. The number of benzene rings is 3. The van der Waals surface area contributed by atoms with Gasteiger partial charge in [0.05, 0.1) is 31.5 Å². The summed E-state index contributed by atoms with van der Waals surface area (Å²) in [7, 11) is 3.22. The monoisotopic (exact) mass is 496 g/mol. The van der Waals surface area contributed by atoms with Gasteiger partial charge in [-0.15, -0.1) is 0 Å². The SMILES string of the molecule is COc1ccc(-c2noc(C3=C(C)N(c4cccc(OC)c4)C(=O)NC3c3ccc(C)c(C)c3)n2)cc1. The molecular weight excluding hydrogens is 468 g/mol. The zero-order valence-electron chi connectivity index (χ0n) is 21.4. The van der Waals surface area contributed by atoms with Crippen molar-refractivity contribution in [2.24, 2.45) is 0 Å². The number of carbonyl (C=O) groups is 1. The van der Waals surface area contributed by atoms with Crippen LogP contribution in [-0.2, 0) is 0 Å². The summed E-state index contributed by atoms with van der Waals surface area (Å²) in [6.45, 7) is 6.00. The Labute approximate surface area is 215 Å². The van der Waals surface area contributed by atoms with Crippen LogP contribution in [0.25, 0.3) is 17.0 Å². The molecule has 188 valence electrons. The standard InChI is InChI=1S/C29H28N4O4/c1-17-9-10-21(15-18(17)2)26-25(28-31-27(32-37-28)20-11-13-23(35-4)14-12-20)19(3)33(29(34)30-26)22-7-6-8-24(16-22)36-5/h6-16,26H,1-5H3,(H,30,34). The molecule has 5 rings (SSSR count). The summed E-state index contributed by atoms with van der Waals surface area (Å²) >= 11 is 0. The van der Waals surface area contributed by atoms with Crippen LogP contribution in [0.1, 0.15) is 35.5 Å². The lowest BCUT2D eigenvalue weighted by Crippen LogP contribution is -2.46. The van der Waals surface area contributed by atoms with Crippen molar-refractivity contribution >= 4 is 17.3 Å². The average Bonchev–Trinajstić information content (AvgIpc) is 3.40. The fourth-order valence-electron chi connectivity index (χ4n) is 4.46. The van der Waals surface area contributed by atoms with Gasteiger partial charge < -0.3 is 19.3 Å². The minimum atomic E-state index is -0.474. The predicted molar refractivity (Wildman–Crippen MR) is 142 cm³/mol. The van der Waals surface area contributed by atoms with E-state index in [1.165, 1.54) is 5.56 Å². The number of carbonyl (C=O) groups excluding carboxylic acids is 1. The molecule has 0 bridgehead atoms. The molecule has 3 aromatic carbocycles. The summed E-state index contributed by atoms with van der Waals surface area (Å²) in [5, 5.41) is 7.40. The number of amides is 2. The van der Waals surface area contributed by atoms with Crippen LogP contribution in [0.4, 0.5) is 10.5 Å². The molecule has 4 aromatic rings. The highest BCUT2D eigenvalue weighted by atomic mass is 16.5. The Morgan fingerprint density at radius 2 is 1.65 bits per heavy atom. The molecule has 0 fully saturated rings. The number of rotatable bonds is 6. The van der Waals surface area contributed by atoms with E-state index >= 15 is 0 Å². The third-order valence-corrected chi connectivity index (χ3v) is 6.67. The molecule has 0 aliphatic carbocycles. The maximum Gasteiger partial charge on any atom is 0.327 e. The molecule has 1 aliphatic rings. The number of hydrogen-bond donors (Lipinski definition) is 1. The second-order valence-corrected chi connectivity index (χ2v) is 8.91. The zero-order valence-corrected chi connectivity index (χ0v) is 21.4.